The monoisotopic (exact) mass is 200 g/mol. The molecule has 2 unspecified atom stereocenters. The summed E-state index contributed by atoms with van der Waals surface area (Å²) >= 11 is 0. The van der Waals surface area contributed by atoms with Gasteiger partial charge in [0.1, 0.15) is 5.82 Å². The fraction of sp³-hybridized carbons (Fsp3) is 0.462. The molecule has 2 heteroatoms. The molecule has 78 valence electrons. The Hall–Kier alpha value is -1.31. The van der Waals surface area contributed by atoms with Crippen LogP contribution in [0.25, 0.3) is 11.0 Å². The molecule has 0 amide bonds. The third kappa shape index (κ3) is 1.36. The van der Waals surface area contributed by atoms with Gasteiger partial charge in [-0.2, -0.15) is 0 Å². The zero-order valence-corrected chi connectivity index (χ0v) is 9.46. The maximum absolute atomic E-state index is 4.71. The number of hydrogen-bond donors (Lipinski definition) is 1. The van der Waals surface area contributed by atoms with Gasteiger partial charge in [-0.1, -0.05) is 13.0 Å². The van der Waals surface area contributed by atoms with E-state index in [9.17, 15) is 0 Å². The topological polar surface area (TPSA) is 28.7 Å². The zero-order valence-electron chi connectivity index (χ0n) is 9.46. The zero-order chi connectivity index (χ0) is 10.6. The van der Waals surface area contributed by atoms with E-state index in [-0.39, 0.29) is 0 Å². The van der Waals surface area contributed by atoms with Crippen LogP contribution in [0.5, 0.6) is 0 Å². The molecular formula is C13H16N2. The Morgan fingerprint density at radius 1 is 1.33 bits per heavy atom. The molecule has 15 heavy (non-hydrogen) atoms. The minimum absolute atomic E-state index is 0.678. The van der Waals surface area contributed by atoms with Gasteiger partial charge in [0.25, 0.3) is 0 Å². The van der Waals surface area contributed by atoms with Crippen LogP contribution in [0.15, 0.2) is 12.1 Å². The highest BCUT2D eigenvalue weighted by Crippen LogP contribution is 2.46. The molecular weight excluding hydrogens is 184 g/mol. The molecule has 2 atom stereocenters. The van der Waals surface area contributed by atoms with Crippen LogP contribution in [0.4, 0.5) is 0 Å². The minimum atomic E-state index is 0.678. The Morgan fingerprint density at radius 2 is 2.07 bits per heavy atom. The molecule has 1 aliphatic carbocycles. The van der Waals surface area contributed by atoms with Gasteiger partial charge in [0.15, 0.2) is 0 Å². The molecule has 2 nitrogen and oxygen atoms in total. The fourth-order valence-corrected chi connectivity index (χ4v) is 2.37. The third-order valence-electron chi connectivity index (χ3n) is 3.40. The second-order valence-corrected chi connectivity index (χ2v) is 4.92. The predicted octanol–water partition coefficient (Wildman–Crippen LogP) is 3.30. The van der Waals surface area contributed by atoms with E-state index in [1.807, 2.05) is 0 Å². The molecule has 1 aromatic heterocycles. The third-order valence-corrected chi connectivity index (χ3v) is 3.40. The van der Waals surface area contributed by atoms with E-state index in [4.69, 9.17) is 4.98 Å². The Morgan fingerprint density at radius 3 is 2.73 bits per heavy atom. The van der Waals surface area contributed by atoms with Crippen molar-refractivity contribution in [3.63, 3.8) is 0 Å². The van der Waals surface area contributed by atoms with Crippen LogP contribution in [-0.2, 0) is 0 Å². The summed E-state index contributed by atoms with van der Waals surface area (Å²) < 4.78 is 0. The number of nitrogens with one attached hydrogen (secondary N) is 1. The van der Waals surface area contributed by atoms with Crippen molar-refractivity contribution >= 4 is 11.0 Å². The van der Waals surface area contributed by atoms with Gasteiger partial charge in [0.05, 0.1) is 11.0 Å². The number of benzene rings is 1. The van der Waals surface area contributed by atoms with Crippen LogP contribution in [-0.4, -0.2) is 9.97 Å². The van der Waals surface area contributed by atoms with Crippen molar-refractivity contribution in [2.75, 3.05) is 0 Å². The second kappa shape index (κ2) is 2.84. The number of H-pyrrole nitrogens is 1. The summed E-state index contributed by atoms with van der Waals surface area (Å²) in [5, 5.41) is 0. The van der Waals surface area contributed by atoms with Gasteiger partial charge in [-0.25, -0.2) is 4.98 Å². The van der Waals surface area contributed by atoms with E-state index in [1.54, 1.807) is 0 Å². The summed E-state index contributed by atoms with van der Waals surface area (Å²) in [5.74, 6) is 2.68. The lowest BCUT2D eigenvalue weighted by atomic mass is 10.1. The molecule has 0 aliphatic heterocycles. The van der Waals surface area contributed by atoms with Crippen LogP contribution in [0, 0.1) is 19.8 Å². The fourth-order valence-electron chi connectivity index (χ4n) is 2.37. The van der Waals surface area contributed by atoms with Crippen LogP contribution in [0.2, 0.25) is 0 Å². The van der Waals surface area contributed by atoms with Crippen molar-refractivity contribution in [3.05, 3.63) is 29.1 Å². The standard InChI is InChI=1S/C13H16N2/c1-7-4-9(3)12-11(5-7)14-13(15-12)10-6-8(10)2/h4-5,8,10H,6H2,1-3H3,(H,14,15). The largest absolute Gasteiger partial charge is 0.342 e. The lowest BCUT2D eigenvalue weighted by Gasteiger charge is -1.96. The molecule has 0 bridgehead atoms. The smallest absolute Gasteiger partial charge is 0.110 e. The number of aromatic nitrogens is 2. The molecule has 2 aromatic rings. The van der Waals surface area contributed by atoms with E-state index in [0.29, 0.717) is 5.92 Å². The summed E-state index contributed by atoms with van der Waals surface area (Å²) in [7, 11) is 0. The van der Waals surface area contributed by atoms with Gasteiger partial charge in [-0.3, -0.25) is 0 Å². The molecule has 1 aromatic carbocycles. The summed E-state index contributed by atoms with van der Waals surface area (Å²) in [6.07, 6.45) is 1.29. The minimum Gasteiger partial charge on any atom is -0.342 e. The molecule has 1 saturated carbocycles. The highest BCUT2D eigenvalue weighted by Gasteiger charge is 2.36. The number of hydrogen-bond acceptors (Lipinski definition) is 1. The first kappa shape index (κ1) is 8.96. The molecule has 1 heterocycles. The molecule has 0 saturated heterocycles. The maximum atomic E-state index is 4.71. The summed E-state index contributed by atoms with van der Waals surface area (Å²) in [4.78, 5) is 8.17. The van der Waals surface area contributed by atoms with Gasteiger partial charge in [-0.15, -0.1) is 0 Å². The summed E-state index contributed by atoms with van der Waals surface area (Å²) in [5.41, 5.74) is 4.93. The van der Waals surface area contributed by atoms with E-state index >= 15 is 0 Å². The van der Waals surface area contributed by atoms with Crippen molar-refractivity contribution < 1.29 is 0 Å². The first-order valence-corrected chi connectivity index (χ1v) is 5.62. The lowest BCUT2D eigenvalue weighted by molar-refractivity contribution is 0.867. The highest BCUT2D eigenvalue weighted by atomic mass is 14.9. The Balaban J connectivity index is 2.17. The van der Waals surface area contributed by atoms with Gasteiger partial charge in [0.2, 0.25) is 0 Å². The van der Waals surface area contributed by atoms with Gasteiger partial charge in [-0.05, 0) is 43.4 Å². The van der Waals surface area contributed by atoms with Crippen LogP contribution in [0.3, 0.4) is 0 Å². The first-order valence-electron chi connectivity index (χ1n) is 5.62. The number of rotatable bonds is 1. The quantitative estimate of drug-likeness (QED) is 0.751. The number of imidazole rings is 1. The number of aryl methyl sites for hydroxylation is 2. The highest BCUT2D eigenvalue weighted by molar-refractivity contribution is 5.79. The van der Waals surface area contributed by atoms with E-state index in [0.717, 1.165) is 11.4 Å². The van der Waals surface area contributed by atoms with E-state index < -0.39 is 0 Å². The molecule has 1 aliphatic rings. The Kier molecular flexibility index (Phi) is 1.70. The van der Waals surface area contributed by atoms with Crippen molar-refractivity contribution in [3.8, 4) is 0 Å². The van der Waals surface area contributed by atoms with Gasteiger partial charge >= 0.3 is 0 Å². The van der Waals surface area contributed by atoms with Crippen molar-refractivity contribution in [2.45, 2.75) is 33.1 Å². The molecule has 1 N–H and O–H groups in total. The predicted molar refractivity (Wildman–Crippen MR) is 62.1 cm³/mol. The summed E-state index contributed by atoms with van der Waals surface area (Å²) in [6.45, 7) is 6.55. The first-order chi connectivity index (χ1) is 7.15. The SMILES string of the molecule is Cc1cc(C)c2nc(C3CC3C)[nH]c2c1. The van der Waals surface area contributed by atoms with Gasteiger partial charge < -0.3 is 4.98 Å². The van der Waals surface area contributed by atoms with Crippen LogP contribution in [0.1, 0.15) is 36.2 Å². The van der Waals surface area contributed by atoms with Crippen LogP contribution >= 0.6 is 0 Å². The average Bonchev–Trinajstić information content (AvgIpc) is 2.74. The van der Waals surface area contributed by atoms with E-state index in [2.05, 4.69) is 37.9 Å². The average molecular weight is 200 g/mol. The molecule has 0 radical (unpaired) electrons. The Bertz CT molecular complexity index is 525. The number of nitrogens with zero attached hydrogens (tertiary/aromatic N) is 1. The number of fused-ring (bicyclic) bond motifs is 1. The molecule has 3 rings (SSSR count). The molecule has 0 spiro atoms. The normalized spacial score (nSPS) is 24.7. The van der Waals surface area contributed by atoms with Crippen molar-refractivity contribution in [2.24, 2.45) is 5.92 Å². The second-order valence-electron chi connectivity index (χ2n) is 4.92. The van der Waals surface area contributed by atoms with Crippen LogP contribution < -0.4 is 0 Å². The Labute approximate surface area is 89.7 Å². The summed E-state index contributed by atoms with van der Waals surface area (Å²) in [6, 6.07) is 4.38. The maximum Gasteiger partial charge on any atom is 0.110 e. The van der Waals surface area contributed by atoms with Crippen molar-refractivity contribution in [1.29, 1.82) is 0 Å². The lowest BCUT2D eigenvalue weighted by Crippen LogP contribution is -1.83. The van der Waals surface area contributed by atoms with Gasteiger partial charge in [0, 0.05) is 5.92 Å². The van der Waals surface area contributed by atoms with E-state index in [1.165, 1.54) is 28.9 Å². The molecule has 1 fully saturated rings. The van der Waals surface area contributed by atoms with Crippen molar-refractivity contribution in [1.82, 2.24) is 9.97 Å². The number of aromatic amines is 1.